The number of rotatable bonds is 7. The first kappa shape index (κ1) is 17.4. The summed E-state index contributed by atoms with van der Waals surface area (Å²) in [4.78, 5) is 12.8. The molecule has 6 nitrogen and oxygen atoms in total. The van der Waals surface area contributed by atoms with E-state index in [9.17, 15) is 4.79 Å². The van der Waals surface area contributed by atoms with E-state index >= 15 is 0 Å². The quantitative estimate of drug-likeness (QED) is 0.274. The maximum absolute atomic E-state index is 12.8. The normalized spacial score (nSPS) is 11.1. The van der Waals surface area contributed by atoms with Gasteiger partial charge in [-0.1, -0.05) is 36.0 Å². The topological polar surface area (TPSA) is 65.8 Å². The Bertz CT molecular complexity index is 1110. The lowest BCUT2D eigenvalue weighted by atomic mass is 10.1. The summed E-state index contributed by atoms with van der Waals surface area (Å²) >= 11 is 1.37. The Morgan fingerprint density at radius 2 is 2.11 bits per heavy atom. The van der Waals surface area contributed by atoms with E-state index < -0.39 is 0 Å². The Hall–Kier alpha value is -3.06. The van der Waals surface area contributed by atoms with E-state index in [1.807, 2.05) is 52.7 Å². The molecule has 3 aromatic heterocycles. The van der Waals surface area contributed by atoms with Crippen LogP contribution in [0.2, 0.25) is 0 Å². The molecule has 0 radical (unpaired) electrons. The van der Waals surface area contributed by atoms with Crippen molar-refractivity contribution in [1.29, 1.82) is 0 Å². The van der Waals surface area contributed by atoms with Crippen LogP contribution in [0.4, 0.5) is 0 Å². The number of hydrogen-bond donors (Lipinski definition) is 0. The minimum Gasteiger partial charge on any atom is -0.461 e. The molecule has 0 amide bonds. The van der Waals surface area contributed by atoms with E-state index in [-0.39, 0.29) is 11.5 Å². The molecular weight excluding hydrogens is 360 g/mol. The van der Waals surface area contributed by atoms with Crippen LogP contribution in [0.15, 0.2) is 71.1 Å². The van der Waals surface area contributed by atoms with Gasteiger partial charge >= 0.3 is 0 Å². The van der Waals surface area contributed by atoms with E-state index in [2.05, 4.69) is 16.8 Å². The summed E-state index contributed by atoms with van der Waals surface area (Å²) in [5.41, 5.74) is 1.77. The number of carbonyl (C=O) groups excluding carboxylic acids is 1. The third kappa shape index (κ3) is 3.21. The fourth-order valence-electron chi connectivity index (χ4n) is 3.05. The van der Waals surface area contributed by atoms with E-state index in [4.69, 9.17) is 4.42 Å². The third-order valence-electron chi connectivity index (χ3n) is 4.30. The molecule has 1 aromatic carbocycles. The molecule has 4 aromatic rings. The fraction of sp³-hybridized carbons (Fsp3) is 0.150. The van der Waals surface area contributed by atoms with Gasteiger partial charge in [0.25, 0.3) is 0 Å². The molecule has 0 fully saturated rings. The Kier molecular flexibility index (Phi) is 4.68. The largest absolute Gasteiger partial charge is 0.461 e. The maximum atomic E-state index is 12.8. The lowest BCUT2D eigenvalue weighted by Gasteiger charge is -2.05. The highest BCUT2D eigenvalue weighted by Gasteiger charge is 2.18. The summed E-state index contributed by atoms with van der Waals surface area (Å²) in [6, 6.07) is 11.5. The molecule has 0 aliphatic heterocycles. The predicted octanol–water partition coefficient (Wildman–Crippen LogP) is 4.19. The van der Waals surface area contributed by atoms with Gasteiger partial charge in [0, 0.05) is 36.3 Å². The van der Waals surface area contributed by atoms with Crippen LogP contribution in [0.3, 0.4) is 0 Å². The van der Waals surface area contributed by atoms with Crippen LogP contribution in [0.25, 0.3) is 22.5 Å². The van der Waals surface area contributed by atoms with Crippen molar-refractivity contribution in [3.8, 4) is 11.6 Å². The van der Waals surface area contributed by atoms with Gasteiger partial charge in [-0.05, 0) is 18.2 Å². The fourth-order valence-corrected chi connectivity index (χ4v) is 3.88. The Morgan fingerprint density at radius 3 is 2.89 bits per heavy atom. The number of benzene rings is 1. The SMILES string of the molecule is C=CCn1c(SCC(=O)c2cn(C)c3ccccc23)nnc1-c1ccco1. The van der Waals surface area contributed by atoms with Gasteiger partial charge in [-0.3, -0.25) is 9.36 Å². The Labute approximate surface area is 160 Å². The van der Waals surface area contributed by atoms with Crippen LogP contribution in [0.5, 0.6) is 0 Å². The Balaban J connectivity index is 1.58. The first-order valence-corrected chi connectivity index (χ1v) is 9.45. The number of fused-ring (bicyclic) bond motifs is 1. The van der Waals surface area contributed by atoms with Crippen molar-refractivity contribution < 1.29 is 9.21 Å². The number of aromatic nitrogens is 4. The lowest BCUT2D eigenvalue weighted by Crippen LogP contribution is -2.05. The lowest BCUT2D eigenvalue weighted by molar-refractivity contribution is 0.102. The van der Waals surface area contributed by atoms with Crippen LogP contribution >= 0.6 is 11.8 Å². The van der Waals surface area contributed by atoms with Gasteiger partial charge in [-0.2, -0.15) is 0 Å². The molecule has 0 N–H and O–H groups in total. The molecule has 136 valence electrons. The molecule has 0 atom stereocenters. The second-order valence-electron chi connectivity index (χ2n) is 6.07. The van der Waals surface area contributed by atoms with Crippen molar-refractivity contribution in [2.45, 2.75) is 11.7 Å². The summed E-state index contributed by atoms with van der Waals surface area (Å²) in [6.45, 7) is 4.33. The number of nitrogens with zero attached hydrogens (tertiary/aromatic N) is 4. The van der Waals surface area contributed by atoms with Gasteiger partial charge in [0.05, 0.1) is 12.0 Å². The number of carbonyl (C=O) groups is 1. The van der Waals surface area contributed by atoms with Crippen LogP contribution in [0, 0.1) is 0 Å². The van der Waals surface area contributed by atoms with Crippen LogP contribution in [-0.2, 0) is 13.6 Å². The van der Waals surface area contributed by atoms with Crippen molar-refractivity contribution in [3.05, 3.63) is 67.1 Å². The molecule has 3 heterocycles. The maximum Gasteiger partial charge on any atom is 0.200 e. The predicted molar refractivity (Wildman–Crippen MR) is 106 cm³/mol. The second-order valence-corrected chi connectivity index (χ2v) is 7.01. The van der Waals surface area contributed by atoms with Gasteiger partial charge in [0.1, 0.15) is 0 Å². The molecular formula is C20H18N4O2S. The average Bonchev–Trinajstić information content (AvgIpc) is 3.40. The number of ketones is 1. The van der Waals surface area contributed by atoms with Gasteiger partial charge in [-0.15, -0.1) is 16.8 Å². The van der Waals surface area contributed by atoms with E-state index in [1.54, 1.807) is 18.4 Å². The molecule has 0 unspecified atom stereocenters. The number of para-hydroxylation sites is 1. The van der Waals surface area contributed by atoms with Crippen LogP contribution in [0.1, 0.15) is 10.4 Å². The molecule has 7 heteroatoms. The van der Waals surface area contributed by atoms with Gasteiger partial charge in [-0.25, -0.2) is 0 Å². The number of thioether (sulfide) groups is 1. The zero-order chi connectivity index (χ0) is 18.8. The van der Waals surface area contributed by atoms with Crippen molar-refractivity contribution in [3.63, 3.8) is 0 Å². The molecule has 4 rings (SSSR count). The van der Waals surface area contributed by atoms with Gasteiger partial charge < -0.3 is 8.98 Å². The van der Waals surface area contributed by atoms with E-state index in [0.29, 0.717) is 23.3 Å². The molecule has 0 bridgehead atoms. The molecule has 0 aliphatic rings. The number of allylic oxidation sites excluding steroid dienone is 1. The summed E-state index contributed by atoms with van der Waals surface area (Å²) in [5, 5.41) is 10.1. The van der Waals surface area contributed by atoms with E-state index in [0.717, 1.165) is 16.5 Å². The summed E-state index contributed by atoms with van der Waals surface area (Å²) in [7, 11) is 1.95. The standard InChI is InChI=1S/C20H18N4O2S/c1-3-10-24-19(18-9-6-11-26-18)21-22-20(24)27-13-17(25)15-12-23(2)16-8-5-4-7-14(15)16/h3-9,11-12H,1,10,13H2,2H3. The van der Waals surface area contributed by atoms with Crippen molar-refractivity contribution in [2.24, 2.45) is 7.05 Å². The van der Waals surface area contributed by atoms with Crippen molar-refractivity contribution >= 4 is 28.4 Å². The summed E-state index contributed by atoms with van der Waals surface area (Å²) < 4.78 is 9.30. The minimum atomic E-state index is 0.0597. The smallest absolute Gasteiger partial charge is 0.200 e. The van der Waals surface area contributed by atoms with Gasteiger partial charge in [0.2, 0.25) is 5.82 Å². The highest BCUT2D eigenvalue weighted by atomic mass is 32.2. The molecule has 0 spiro atoms. The number of Topliss-reactive ketones (excluding diaryl/α,β-unsaturated/α-hetero) is 1. The van der Waals surface area contributed by atoms with Crippen LogP contribution < -0.4 is 0 Å². The average molecular weight is 378 g/mol. The van der Waals surface area contributed by atoms with Crippen molar-refractivity contribution in [2.75, 3.05) is 5.75 Å². The van der Waals surface area contributed by atoms with Gasteiger partial charge in [0.15, 0.2) is 16.7 Å². The summed E-state index contributed by atoms with van der Waals surface area (Å²) in [5.74, 6) is 1.60. The highest BCUT2D eigenvalue weighted by molar-refractivity contribution is 7.99. The van der Waals surface area contributed by atoms with Crippen LogP contribution in [-0.4, -0.2) is 30.9 Å². The van der Waals surface area contributed by atoms with Crippen molar-refractivity contribution in [1.82, 2.24) is 19.3 Å². The second kappa shape index (κ2) is 7.28. The third-order valence-corrected chi connectivity index (χ3v) is 5.27. The molecule has 0 aliphatic carbocycles. The highest BCUT2D eigenvalue weighted by Crippen LogP contribution is 2.27. The first-order valence-electron chi connectivity index (χ1n) is 8.47. The van der Waals surface area contributed by atoms with E-state index in [1.165, 1.54) is 11.8 Å². The molecule has 0 saturated heterocycles. The zero-order valence-corrected chi connectivity index (χ0v) is 15.6. The molecule has 0 saturated carbocycles. The first-order chi connectivity index (χ1) is 13.2. The zero-order valence-electron chi connectivity index (χ0n) is 14.8. The number of hydrogen-bond acceptors (Lipinski definition) is 5. The summed E-state index contributed by atoms with van der Waals surface area (Å²) in [6.07, 6.45) is 5.25. The monoisotopic (exact) mass is 378 g/mol. The number of aryl methyl sites for hydroxylation is 1. The Morgan fingerprint density at radius 1 is 1.26 bits per heavy atom. The number of furan rings is 1. The molecule has 27 heavy (non-hydrogen) atoms. The minimum absolute atomic E-state index is 0.0597.